The van der Waals surface area contributed by atoms with Crippen LogP contribution in [0.25, 0.3) is 0 Å². The largest absolute Gasteiger partial charge is 0.487 e. The second-order valence-corrected chi connectivity index (χ2v) is 7.46. The zero-order valence-electron chi connectivity index (χ0n) is 16.2. The summed E-state index contributed by atoms with van der Waals surface area (Å²) in [7, 11) is 1.80. The van der Waals surface area contributed by atoms with E-state index in [4.69, 9.17) is 4.74 Å². The number of ether oxygens (including phenoxy) is 1. The van der Waals surface area contributed by atoms with Crippen LogP contribution in [0.5, 0.6) is 5.75 Å². The van der Waals surface area contributed by atoms with Gasteiger partial charge in [-0.3, -0.25) is 19.3 Å². The molecule has 0 aliphatic carbocycles. The van der Waals surface area contributed by atoms with E-state index < -0.39 is 6.04 Å². The molecule has 148 valence electrons. The molecule has 2 atom stereocenters. The minimum Gasteiger partial charge on any atom is -0.487 e. The fraction of sp³-hybridized carbons (Fsp3) is 0.500. The van der Waals surface area contributed by atoms with Crippen LogP contribution in [-0.2, 0) is 11.8 Å². The molecule has 28 heavy (non-hydrogen) atoms. The number of carbonyl (C=O) groups excluding carboxylic acids is 2. The van der Waals surface area contributed by atoms with Crippen LogP contribution in [-0.4, -0.2) is 68.2 Å². The molecule has 2 saturated heterocycles. The predicted octanol–water partition coefficient (Wildman–Crippen LogP) is 1.41. The Kier molecular flexibility index (Phi) is 5.02. The summed E-state index contributed by atoms with van der Waals surface area (Å²) < 4.78 is 7.68. The van der Waals surface area contributed by atoms with E-state index in [-0.39, 0.29) is 17.9 Å². The van der Waals surface area contributed by atoms with Gasteiger partial charge in [0.1, 0.15) is 17.9 Å². The molecule has 8 nitrogen and oxygen atoms in total. The van der Waals surface area contributed by atoms with Crippen molar-refractivity contribution in [3.8, 4) is 5.75 Å². The lowest BCUT2D eigenvalue weighted by Gasteiger charge is -2.26. The first-order valence-corrected chi connectivity index (χ1v) is 9.70. The van der Waals surface area contributed by atoms with Crippen molar-refractivity contribution in [3.63, 3.8) is 0 Å². The number of likely N-dealkylation sites (tertiary alicyclic amines) is 2. The predicted molar refractivity (Wildman–Crippen MR) is 102 cm³/mol. The van der Waals surface area contributed by atoms with Crippen LogP contribution in [0.15, 0.2) is 30.6 Å². The van der Waals surface area contributed by atoms with Gasteiger partial charge in [0.2, 0.25) is 5.91 Å². The van der Waals surface area contributed by atoms with E-state index in [1.165, 1.54) is 0 Å². The van der Waals surface area contributed by atoms with Crippen LogP contribution in [0.1, 0.15) is 35.4 Å². The van der Waals surface area contributed by atoms with Gasteiger partial charge in [-0.15, -0.1) is 0 Å². The second kappa shape index (κ2) is 7.61. The lowest BCUT2D eigenvalue weighted by atomic mass is 10.1. The molecule has 2 amide bonds. The minimum atomic E-state index is -0.519. The van der Waals surface area contributed by atoms with E-state index in [2.05, 4.69) is 10.1 Å². The number of amides is 2. The fourth-order valence-electron chi connectivity index (χ4n) is 3.91. The monoisotopic (exact) mass is 383 g/mol. The third-order valence-electron chi connectivity index (χ3n) is 5.50. The standard InChI is InChI=1S/C20H25N5O3/c1-14-10-17(22-23(14)2)19(26)25-13-16(28-15-6-5-7-21-12-15)11-18(25)20(27)24-8-3-4-9-24/h5-7,10,12,16,18H,3-4,8-9,11,13H2,1-2H3/t16-,18-/m0/s1. The number of nitrogens with zero attached hydrogens (tertiary/aromatic N) is 5. The van der Waals surface area contributed by atoms with Gasteiger partial charge in [0.15, 0.2) is 5.69 Å². The van der Waals surface area contributed by atoms with Crippen molar-refractivity contribution in [1.29, 1.82) is 0 Å². The summed E-state index contributed by atoms with van der Waals surface area (Å²) >= 11 is 0. The van der Waals surface area contributed by atoms with Crippen molar-refractivity contribution in [1.82, 2.24) is 24.6 Å². The van der Waals surface area contributed by atoms with Crippen molar-refractivity contribution in [2.24, 2.45) is 7.05 Å². The van der Waals surface area contributed by atoms with E-state index in [0.717, 1.165) is 31.6 Å². The molecule has 0 bridgehead atoms. The fourth-order valence-corrected chi connectivity index (χ4v) is 3.91. The van der Waals surface area contributed by atoms with Gasteiger partial charge < -0.3 is 14.5 Å². The molecule has 2 aliphatic rings. The molecular formula is C20H25N5O3. The van der Waals surface area contributed by atoms with Gasteiger partial charge in [-0.05, 0) is 38.0 Å². The van der Waals surface area contributed by atoms with Crippen LogP contribution in [0.4, 0.5) is 0 Å². The first-order valence-electron chi connectivity index (χ1n) is 9.70. The Labute approximate surface area is 164 Å². The molecular weight excluding hydrogens is 358 g/mol. The Bertz CT molecular complexity index is 840. The molecule has 8 heteroatoms. The van der Waals surface area contributed by atoms with Crippen LogP contribution < -0.4 is 4.74 Å². The lowest BCUT2D eigenvalue weighted by molar-refractivity contribution is -0.134. The number of hydrogen-bond acceptors (Lipinski definition) is 5. The molecule has 2 aromatic heterocycles. The SMILES string of the molecule is Cc1cc(C(=O)N2C[C@@H](Oc3cccnc3)C[C@H]2C(=O)N2CCCC2)nn1C. The quantitative estimate of drug-likeness (QED) is 0.797. The molecule has 4 heterocycles. The third-order valence-corrected chi connectivity index (χ3v) is 5.50. The Balaban J connectivity index is 1.56. The van der Waals surface area contributed by atoms with Gasteiger partial charge in [-0.2, -0.15) is 5.10 Å². The van der Waals surface area contributed by atoms with E-state index in [0.29, 0.717) is 24.4 Å². The summed E-state index contributed by atoms with van der Waals surface area (Å²) in [5.41, 5.74) is 1.26. The summed E-state index contributed by atoms with van der Waals surface area (Å²) in [5, 5.41) is 4.30. The smallest absolute Gasteiger partial charge is 0.275 e. The number of hydrogen-bond donors (Lipinski definition) is 0. The van der Waals surface area contributed by atoms with Gasteiger partial charge in [-0.25, -0.2) is 0 Å². The van der Waals surface area contributed by atoms with Gasteiger partial charge in [0.05, 0.1) is 12.7 Å². The molecule has 4 rings (SSSR count). The Morgan fingerprint density at radius 2 is 2.04 bits per heavy atom. The molecule has 0 N–H and O–H groups in total. The van der Waals surface area contributed by atoms with E-state index in [9.17, 15) is 9.59 Å². The van der Waals surface area contributed by atoms with Gasteiger partial charge >= 0.3 is 0 Å². The molecule has 2 aromatic rings. The van der Waals surface area contributed by atoms with E-state index in [1.54, 1.807) is 41.2 Å². The van der Waals surface area contributed by atoms with Crippen LogP contribution in [0.2, 0.25) is 0 Å². The van der Waals surface area contributed by atoms with Crippen LogP contribution in [0, 0.1) is 6.92 Å². The number of aromatic nitrogens is 3. The van der Waals surface area contributed by atoms with Crippen molar-refractivity contribution in [3.05, 3.63) is 42.0 Å². The number of pyridine rings is 1. The maximum atomic E-state index is 13.2. The molecule has 0 unspecified atom stereocenters. The highest BCUT2D eigenvalue weighted by Crippen LogP contribution is 2.27. The second-order valence-electron chi connectivity index (χ2n) is 7.46. The summed E-state index contributed by atoms with van der Waals surface area (Å²) in [6.45, 7) is 3.77. The van der Waals surface area contributed by atoms with Crippen LogP contribution in [0.3, 0.4) is 0 Å². The van der Waals surface area contributed by atoms with Crippen LogP contribution >= 0.6 is 0 Å². The van der Waals surface area contributed by atoms with Gasteiger partial charge in [0.25, 0.3) is 5.91 Å². The number of carbonyl (C=O) groups is 2. The molecule has 0 aromatic carbocycles. The third kappa shape index (κ3) is 3.58. The summed E-state index contributed by atoms with van der Waals surface area (Å²) in [5.74, 6) is 0.428. The highest BCUT2D eigenvalue weighted by molar-refractivity contribution is 5.96. The molecule has 0 spiro atoms. The molecule has 0 saturated carbocycles. The maximum Gasteiger partial charge on any atom is 0.275 e. The maximum absolute atomic E-state index is 13.2. The molecule has 0 radical (unpaired) electrons. The average Bonchev–Trinajstić information content (AvgIpc) is 3.43. The zero-order chi connectivity index (χ0) is 19.7. The highest BCUT2D eigenvalue weighted by Gasteiger charge is 2.43. The first kappa shape index (κ1) is 18.5. The van der Waals surface area contributed by atoms with E-state index >= 15 is 0 Å². The first-order chi connectivity index (χ1) is 13.5. The number of aryl methyl sites for hydroxylation is 2. The van der Waals surface area contributed by atoms with Crippen molar-refractivity contribution >= 4 is 11.8 Å². The number of rotatable bonds is 4. The van der Waals surface area contributed by atoms with Crippen molar-refractivity contribution in [2.45, 2.75) is 38.3 Å². The average molecular weight is 383 g/mol. The normalized spacial score (nSPS) is 21.9. The molecule has 2 fully saturated rings. The lowest BCUT2D eigenvalue weighted by Crippen LogP contribution is -2.47. The molecule has 2 aliphatic heterocycles. The van der Waals surface area contributed by atoms with Crippen molar-refractivity contribution < 1.29 is 14.3 Å². The Morgan fingerprint density at radius 1 is 1.25 bits per heavy atom. The highest BCUT2D eigenvalue weighted by atomic mass is 16.5. The summed E-state index contributed by atoms with van der Waals surface area (Å²) in [6.07, 6.45) is 5.57. The van der Waals surface area contributed by atoms with E-state index in [1.807, 2.05) is 17.9 Å². The van der Waals surface area contributed by atoms with Gasteiger partial charge in [0, 0.05) is 38.4 Å². The Morgan fingerprint density at radius 3 is 2.68 bits per heavy atom. The van der Waals surface area contributed by atoms with Gasteiger partial charge in [-0.1, -0.05) is 0 Å². The summed E-state index contributed by atoms with van der Waals surface area (Å²) in [4.78, 5) is 33.8. The zero-order valence-corrected chi connectivity index (χ0v) is 16.2. The summed E-state index contributed by atoms with van der Waals surface area (Å²) in [6, 6.07) is 4.87. The Hall–Kier alpha value is -2.90. The minimum absolute atomic E-state index is 0.00999. The topological polar surface area (TPSA) is 80.6 Å². The van der Waals surface area contributed by atoms with Crippen molar-refractivity contribution in [2.75, 3.05) is 19.6 Å².